The molecule has 0 unspecified atom stereocenters. The van der Waals surface area contributed by atoms with Gasteiger partial charge in [0.25, 0.3) is 5.91 Å². The van der Waals surface area contributed by atoms with Crippen molar-refractivity contribution < 1.29 is 9.53 Å². The summed E-state index contributed by atoms with van der Waals surface area (Å²) in [5, 5.41) is 0.964. The number of nitrogens with zero attached hydrogens (tertiary/aromatic N) is 3. The van der Waals surface area contributed by atoms with Crippen LogP contribution in [0.3, 0.4) is 0 Å². The van der Waals surface area contributed by atoms with Gasteiger partial charge in [0.15, 0.2) is 0 Å². The van der Waals surface area contributed by atoms with Crippen LogP contribution in [0.15, 0.2) is 61.2 Å². The lowest BCUT2D eigenvalue weighted by molar-refractivity contribution is 0.0633. The molecule has 0 atom stereocenters. The molecule has 2 aromatic carbocycles. The average molecular weight is 460 g/mol. The number of hydrogen-bond acceptors (Lipinski definition) is 3. The summed E-state index contributed by atoms with van der Waals surface area (Å²) in [7, 11) is 0. The van der Waals surface area contributed by atoms with E-state index < -0.39 is 0 Å². The predicted molar refractivity (Wildman–Crippen MR) is 140 cm³/mol. The lowest BCUT2D eigenvalue weighted by Crippen LogP contribution is -2.48. The highest BCUT2D eigenvalue weighted by Gasteiger charge is 2.26. The fourth-order valence-electron chi connectivity index (χ4n) is 4.60. The third kappa shape index (κ3) is 5.05. The SMILES string of the molecule is C=CCOc1cccc2c1cc(C(=O)N1CCN(CC)CC1)n2Cc1ccc(C(C)(C)C)cc1. The van der Waals surface area contributed by atoms with E-state index in [0.29, 0.717) is 13.2 Å². The van der Waals surface area contributed by atoms with Crippen LogP contribution < -0.4 is 4.74 Å². The van der Waals surface area contributed by atoms with Gasteiger partial charge in [-0.05, 0) is 41.3 Å². The first-order valence-electron chi connectivity index (χ1n) is 12.3. The molecule has 5 nitrogen and oxygen atoms in total. The number of hydrogen-bond donors (Lipinski definition) is 0. The van der Waals surface area contributed by atoms with E-state index in [1.54, 1.807) is 6.08 Å². The minimum Gasteiger partial charge on any atom is -0.489 e. The summed E-state index contributed by atoms with van der Waals surface area (Å²) in [6.07, 6.45) is 1.74. The van der Waals surface area contributed by atoms with Crippen molar-refractivity contribution in [3.05, 3.63) is 78.0 Å². The number of carbonyl (C=O) groups excluding carboxylic acids is 1. The van der Waals surface area contributed by atoms with Crippen molar-refractivity contribution in [1.82, 2.24) is 14.4 Å². The van der Waals surface area contributed by atoms with Crippen molar-refractivity contribution in [2.45, 2.75) is 39.7 Å². The molecule has 0 saturated carbocycles. The molecule has 3 aromatic rings. The number of amides is 1. The highest BCUT2D eigenvalue weighted by molar-refractivity contribution is 6.00. The molecule has 2 heterocycles. The van der Waals surface area contributed by atoms with E-state index in [0.717, 1.165) is 55.1 Å². The second-order valence-corrected chi connectivity index (χ2v) is 10.1. The maximum Gasteiger partial charge on any atom is 0.270 e. The molecule has 1 amide bonds. The number of piperazine rings is 1. The maximum absolute atomic E-state index is 13.7. The monoisotopic (exact) mass is 459 g/mol. The van der Waals surface area contributed by atoms with Gasteiger partial charge < -0.3 is 19.1 Å². The molecule has 34 heavy (non-hydrogen) atoms. The zero-order valence-electron chi connectivity index (χ0n) is 21.0. The summed E-state index contributed by atoms with van der Waals surface area (Å²) >= 11 is 0. The minimum absolute atomic E-state index is 0.0907. The molecule has 1 aliphatic rings. The molecule has 0 aliphatic carbocycles. The van der Waals surface area contributed by atoms with Gasteiger partial charge >= 0.3 is 0 Å². The van der Waals surface area contributed by atoms with Crippen LogP contribution >= 0.6 is 0 Å². The van der Waals surface area contributed by atoms with Crippen LogP contribution in [0.1, 0.15) is 49.3 Å². The van der Waals surface area contributed by atoms with Crippen molar-refractivity contribution in [2.24, 2.45) is 0 Å². The summed E-state index contributed by atoms with van der Waals surface area (Å²) in [4.78, 5) is 18.1. The summed E-state index contributed by atoms with van der Waals surface area (Å²) in [6, 6.07) is 16.8. The van der Waals surface area contributed by atoms with Gasteiger partial charge in [-0.25, -0.2) is 0 Å². The Morgan fingerprint density at radius 3 is 2.38 bits per heavy atom. The topological polar surface area (TPSA) is 37.7 Å². The Balaban J connectivity index is 1.72. The molecule has 5 heteroatoms. The fourth-order valence-corrected chi connectivity index (χ4v) is 4.60. The Hall–Kier alpha value is -3.05. The van der Waals surface area contributed by atoms with E-state index in [4.69, 9.17) is 4.74 Å². The highest BCUT2D eigenvalue weighted by atomic mass is 16.5. The summed E-state index contributed by atoms with van der Waals surface area (Å²) in [5.41, 5.74) is 4.32. The van der Waals surface area contributed by atoms with Crippen molar-refractivity contribution in [3.63, 3.8) is 0 Å². The second-order valence-electron chi connectivity index (χ2n) is 10.1. The Morgan fingerprint density at radius 2 is 1.76 bits per heavy atom. The summed E-state index contributed by atoms with van der Waals surface area (Å²) in [6.45, 7) is 18.1. The van der Waals surface area contributed by atoms with Gasteiger partial charge in [-0.1, -0.05) is 70.7 Å². The largest absolute Gasteiger partial charge is 0.489 e. The Bertz CT molecular complexity index is 1150. The molecule has 0 radical (unpaired) electrons. The zero-order valence-corrected chi connectivity index (χ0v) is 21.0. The van der Waals surface area contributed by atoms with Crippen molar-refractivity contribution in [2.75, 3.05) is 39.3 Å². The lowest BCUT2D eigenvalue weighted by atomic mass is 9.87. The van der Waals surface area contributed by atoms with Gasteiger partial charge in [0, 0.05) is 38.1 Å². The van der Waals surface area contributed by atoms with Crippen LogP contribution in [0.5, 0.6) is 5.75 Å². The number of benzene rings is 2. The quantitative estimate of drug-likeness (QED) is 0.448. The maximum atomic E-state index is 13.7. The van der Waals surface area contributed by atoms with E-state index in [9.17, 15) is 4.79 Å². The van der Waals surface area contributed by atoms with Gasteiger partial charge in [0.1, 0.15) is 18.1 Å². The minimum atomic E-state index is 0.0907. The standard InChI is InChI=1S/C29H37N3O2/c1-6-19-34-27-10-8-9-25-24(27)20-26(28(33)31-17-15-30(7-2)16-18-31)32(25)21-22-11-13-23(14-12-22)29(3,4)5/h6,8-14,20H,1,7,15-19,21H2,2-5H3. The van der Waals surface area contributed by atoms with Crippen LogP contribution in [-0.2, 0) is 12.0 Å². The van der Waals surface area contributed by atoms with Crippen LogP contribution in [0.25, 0.3) is 10.9 Å². The molecule has 0 spiro atoms. The summed E-state index contributed by atoms with van der Waals surface area (Å²) < 4.78 is 8.08. The first-order valence-corrected chi connectivity index (χ1v) is 12.3. The molecule has 0 bridgehead atoms. The molecule has 4 rings (SSSR count). The number of ether oxygens (including phenoxy) is 1. The molecule has 1 aromatic heterocycles. The van der Waals surface area contributed by atoms with Crippen LogP contribution in [-0.4, -0.2) is 59.6 Å². The van der Waals surface area contributed by atoms with E-state index in [-0.39, 0.29) is 11.3 Å². The normalized spacial score (nSPS) is 15.0. The number of likely N-dealkylation sites (N-methyl/N-ethyl adjacent to an activating group) is 1. The first-order chi connectivity index (χ1) is 16.3. The molecule has 1 fully saturated rings. The Kier molecular flexibility index (Phi) is 7.13. The Morgan fingerprint density at radius 1 is 1.06 bits per heavy atom. The van der Waals surface area contributed by atoms with Crippen molar-refractivity contribution in [3.8, 4) is 5.75 Å². The molecule has 1 aliphatic heterocycles. The van der Waals surface area contributed by atoms with Gasteiger partial charge in [0.2, 0.25) is 0 Å². The molecular weight excluding hydrogens is 422 g/mol. The van der Waals surface area contributed by atoms with E-state index in [2.05, 4.69) is 74.1 Å². The second kappa shape index (κ2) is 10.1. The molecule has 180 valence electrons. The smallest absolute Gasteiger partial charge is 0.270 e. The van der Waals surface area contributed by atoms with Gasteiger partial charge in [-0.3, -0.25) is 4.79 Å². The number of carbonyl (C=O) groups is 1. The van der Waals surface area contributed by atoms with Crippen LogP contribution in [0.2, 0.25) is 0 Å². The average Bonchev–Trinajstić information content (AvgIpc) is 3.21. The molecule has 0 N–H and O–H groups in total. The third-order valence-corrected chi connectivity index (χ3v) is 6.75. The first kappa shape index (κ1) is 24.1. The molecule has 1 saturated heterocycles. The molecular formula is C29H37N3O2. The van der Waals surface area contributed by atoms with Crippen LogP contribution in [0, 0.1) is 0 Å². The fraction of sp³-hybridized carbons (Fsp3) is 0.414. The van der Waals surface area contributed by atoms with Gasteiger partial charge in [-0.2, -0.15) is 0 Å². The van der Waals surface area contributed by atoms with E-state index in [1.807, 2.05) is 23.1 Å². The number of fused-ring (bicyclic) bond motifs is 1. The number of aromatic nitrogens is 1. The highest BCUT2D eigenvalue weighted by Crippen LogP contribution is 2.31. The number of rotatable bonds is 7. The predicted octanol–water partition coefficient (Wildman–Crippen LogP) is 5.33. The van der Waals surface area contributed by atoms with Gasteiger partial charge in [0.05, 0.1) is 5.52 Å². The third-order valence-electron chi connectivity index (χ3n) is 6.75. The van der Waals surface area contributed by atoms with Gasteiger partial charge in [-0.15, -0.1) is 0 Å². The van der Waals surface area contributed by atoms with E-state index >= 15 is 0 Å². The van der Waals surface area contributed by atoms with Crippen molar-refractivity contribution >= 4 is 16.8 Å². The van der Waals surface area contributed by atoms with E-state index in [1.165, 1.54) is 11.1 Å². The Labute approximate surface area is 203 Å². The zero-order chi connectivity index (χ0) is 24.3. The lowest BCUT2D eigenvalue weighted by Gasteiger charge is -2.34. The van der Waals surface area contributed by atoms with Crippen LogP contribution in [0.4, 0.5) is 0 Å². The summed E-state index contributed by atoms with van der Waals surface area (Å²) in [5.74, 6) is 0.872. The van der Waals surface area contributed by atoms with Crippen molar-refractivity contribution in [1.29, 1.82) is 0 Å².